The van der Waals surface area contributed by atoms with E-state index in [4.69, 9.17) is 0 Å². The highest BCUT2D eigenvalue weighted by atomic mass is 35.5. The average molecular weight is 309 g/mol. The lowest BCUT2D eigenvalue weighted by atomic mass is 9.96. The molecule has 1 unspecified atom stereocenters. The zero-order valence-electron chi connectivity index (χ0n) is 13.2. The number of benzene rings is 1. The van der Waals surface area contributed by atoms with Crippen molar-refractivity contribution in [3.05, 3.63) is 35.4 Å². The van der Waals surface area contributed by atoms with Gasteiger partial charge in [-0.15, -0.1) is 12.4 Å². The van der Waals surface area contributed by atoms with Gasteiger partial charge in [-0.05, 0) is 68.8 Å². The molecule has 21 heavy (non-hydrogen) atoms. The molecule has 1 aliphatic carbocycles. The summed E-state index contributed by atoms with van der Waals surface area (Å²) in [6.45, 7) is 7.30. The molecule has 1 heterocycles. The van der Waals surface area contributed by atoms with E-state index in [0.717, 1.165) is 5.92 Å². The highest BCUT2D eigenvalue weighted by Crippen LogP contribution is 2.36. The molecule has 0 radical (unpaired) electrons. The van der Waals surface area contributed by atoms with Crippen LogP contribution in [0.3, 0.4) is 0 Å². The summed E-state index contributed by atoms with van der Waals surface area (Å²) in [4.78, 5) is 2.78. The van der Waals surface area contributed by atoms with Crippen LogP contribution in [0.15, 0.2) is 24.3 Å². The van der Waals surface area contributed by atoms with Gasteiger partial charge >= 0.3 is 0 Å². The number of nitrogens with zero attached hydrogens (tertiary/aromatic N) is 1. The predicted molar refractivity (Wildman–Crippen MR) is 92.2 cm³/mol. The number of aryl methyl sites for hydroxylation is 1. The number of fused-ring (bicyclic) bond motifs is 1. The van der Waals surface area contributed by atoms with Crippen LogP contribution in [0.5, 0.6) is 0 Å². The van der Waals surface area contributed by atoms with Crippen LogP contribution in [0.2, 0.25) is 0 Å². The first kappa shape index (κ1) is 16.8. The molecule has 1 fully saturated rings. The van der Waals surface area contributed by atoms with E-state index in [0.29, 0.717) is 6.04 Å². The topological polar surface area (TPSA) is 15.3 Å². The maximum atomic E-state index is 3.49. The molecule has 1 aliphatic heterocycles. The van der Waals surface area contributed by atoms with Gasteiger partial charge < -0.3 is 5.32 Å². The largest absolute Gasteiger partial charge is 0.317 e. The lowest BCUT2D eigenvalue weighted by Gasteiger charge is -2.34. The summed E-state index contributed by atoms with van der Waals surface area (Å²) in [5.74, 6) is 0.899. The molecule has 2 aliphatic rings. The maximum Gasteiger partial charge on any atom is 0.0354 e. The fourth-order valence-corrected chi connectivity index (χ4v) is 3.97. The lowest BCUT2D eigenvalue weighted by molar-refractivity contribution is 0.151. The minimum Gasteiger partial charge on any atom is -0.317 e. The van der Waals surface area contributed by atoms with E-state index in [9.17, 15) is 0 Å². The van der Waals surface area contributed by atoms with Gasteiger partial charge in [0.1, 0.15) is 0 Å². The van der Waals surface area contributed by atoms with Gasteiger partial charge in [-0.25, -0.2) is 0 Å². The monoisotopic (exact) mass is 308 g/mol. The van der Waals surface area contributed by atoms with Crippen molar-refractivity contribution in [1.82, 2.24) is 10.2 Å². The van der Waals surface area contributed by atoms with E-state index in [-0.39, 0.29) is 12.4 Å². The van der Waals surface area contributed by atoms with Crippen LogP contribution in [0.25, 0.3) is 0 Å². The SMILES string of the molecule is CCCN(CC1CCNCC1)C1CCc2ccccc21.Cl. The zero-order chi connectivity index (χ0) is 13.8. The van der Waals surface area contributed by atoms with Crippen molar-refractivity contribution in [3.63, 3.8) is 0 Å². The quantitative estimate of drug-likeness (QED) is 0.890. The Kier molecular flexibility index (Phi) is 6.53. The standard InChI is InChI=1S/C18H28N2.ClH/c1-2-13-20(14-15-9-11-19-12-10-15)18-8-7-16-5-3-4-6-17(16)18;/h3-6,15,18-19H,2,7-14H2,1H3;1H. The van der Waals surface area contributed by atoms with Gasteiger partial charge in [0.05, 0.1) is 0 Å². The van der Waals surface area contributed by atoms with Crippen molar-refractivity contribution in [1.29, 1.82) is 0 Å². The van der Waals surface area contributed by atoms with Gasteiger partial charge in [0, 0.05) is 12.6 Å². The maximum absolute atomic E-state index is 3.49. The Labute approximate surface area is 135 Å². The van der Waals surface area contributed by atoms with E-state index in [2.05, 4.69) is 41.4 Å². The number of hydrogen-bond acceptors (Lipinski definition) is 2. The molecular weight excluding hydrogens is 280 g/mol. The number of piperidine rings is 1. The normalized spacial score (nSPS) is 22.1. The van der Waals surface area contributed by atoms with E-state index in [1.165, 1.54) is 58.3 Å². The fourth-order valence-electron chi connectivity index (χ4n) is 3.97. The van der Waals surface area contributed by atoms with Crippen molar-refractivity contribution >= 4 is 12.4 Å². The highest BCUT2D eigenvalue weighted by Gasteiger charge is 2.28. The van der Waals surface area contributed by atoms with Crippen molar-refractivity contribution in [3.8, 4) is 0 Å². The summed E-state index contributed by atoms with van der Waals surface area (Å²) in [6.07, 6.45) is 6.57. The van der Waals surface area contributed by atoms with Gasteiger partial charge in [-0.2, -0.15) is 0 Å². The predicted octanol–water partition coefficient (Wildman–Crippen LogP) is 3.81. The summed E-state index contributed by atoms with van der Waals surface area (Å²) in [6, 6.07) is 9.77. The molecule has 0 aromatic heterocycles. The van der Waals surface area contributed by atoms with Crippen molar-refractivity contribution in [2.75, 3.05) is 26.2 Å². The molecule has 1 aromatic rings. The number of halogens is 1. The Morgan fingerprint density at radius 1 is 1.14 bits per heavy atom. The van der Waals surface area contributed by atoms with E-state index in [1.54, 1.807) is 11.1 Å². The molecule has 2 nitrogen and oxygen atoms in total. The Morgan fingerprint density at radius 3 is 2.67 bits per heavy atom. The Hall–Kier alpha value is -0.570. The molecule has 1 atom stereocenters. The third-order valence-electron chi connectivity index (χ3n) is 5.00. The first-order valence-corrected chi connectivity index (χ1v) is 8.41. The van der Waals surface area contributed by atoms with Crippen LogP contribution in [-0.4, -0.2) is 31.1 Å². The number of nitrogens with one attached hydrogen (secondary N) is 1. The summed E-state index contributed by atoms with van der Waals surface area (Å²) < 4.78 is 0. The van der Waals surface area contributed by atoms with Crippen LogP contribution in [0.4, 0.5) is 0 Å². The van der Waals surface area contributed by atoms with E-state index in [1.807, 2.05) is 0 Å². The van der Waals surface area contributed by atoms with Crippen LogP contribution in [-0.2, 0) is 6.42 Å². The molecule has 0 bridgehead atoms. The molecule has 3 rings (SSSR count). The van der Waals surface area contributed by atoms with Crippen LogP contribution in [0.1, 0.15) is 49.8 Å². The minimum absolute atomic E-state index is 0. The number of rotatable bonds is 5. The summed E-state index contributed by atoms with van der Waals surface area (Å²) >= 11 is 0. The molecular formula is C18H29ClN2. The van der Waals surface area contributed by atoms with Gasteiger partial charge in [0.15, 0.2) is 0 Å². The van der Waals surface area contributed by atoms with Gasteiger partial charge in [-0.1, -0.05) is 31.2 Å². The molecule has 118 valence electrons. The second-order valence-electron chi connectivity index (χ2n) is 6.44. The van der Waals surface area contributed by atoms with Crippen molar-refractivity contribution < 1.29 is 0 Å². The third-order valence-corrected chi connectivity index (χ3v) is 5.00. The molecule has 3 heteroatoms. The van der Waals surface area contributed by atoms with Crippen molar-refractivity contribution in [2.24, 2.45) is 5.92 Å². The summed E-state index contributed by atoms with van der Waals surface area (Å²) in [5.41, 5.74) is 3.19. The molecule has 1 aromatic carbocycles. The Bertz CT molecular complexity index is 429. The second-order valence-corrected chi connectivity index (χ2v) is 6.44. The third kappa shape index (κ3) is 4.00. The second kappa shape index (κ2) is 8.17. The first-order valence-electron chi connectivity index (χ1n) is 8.41. The lowest BCUT2D eigenvalue weighted by Crippen LogP contribution is -2.38. The van der Waals surface area contributed by atoms with E-state index >= 15 is 0 Å². The summed E-state index contributed by atoms with van der Waals surface area (Å²) in [5, 5.41) is 3.49. The summed E-state index contributed by atoms with van der Waals surface area (Å²) in [7, 11) is 0. The van der Waals surface area contributed by atoms with Crippen LogP contribution in [0, 0.1) is 5.92 Å². The molecule has 1 N–H and O–H groups in total. The molecule has 0 amide bonds. The van der Waals surface area contributed by atoms with Gasteiger partial charge in [0.25, 0.3) is 0 Å². The minimum atomic E-state index is 0. The molecule has 0 saturated carbocycles. The number of hydrogen-bond donors (Lipinski definition) is 1. The Morgan fingerprint density at radius 2 is 1.90 bits per heavy atom. The molecule has 1 saturated heterocycles. The van der Waals surface area contributed by atoms with Crippen LogP contribution >= 0.6 is 12.4 Å². The first-order chi connectivity index (χ1) is 9.88. The molecule has 0 spiro atoms. The van der Waals surface area contributed by atoms with E-state index < -0.39 is 0 Å². The van der Waals surface area contributed by atoms with Crippen molar-refractivity contribution in [2.45, 2.75) is 45.1 Å². The smallest absolute Gasteiger partial charge is 0.0354 e. The zero-order valence-corrected chi connectivity index (χ0v) is 14.0. The van der Waals surface area contributed by atoms with Gasteiger partial charge in [-0.3, -0.25) is 4.90 Å². The Balaban J connectivity index is 0.00000161. The van der Waals surface area contributed by atoms with Gasteiger partial charge in [0.2, 0.25) is 0 Å². The fraction of sp³-hybridized carbons (Fsp3) is 0.667. The van der Waals surface area contributed by atoms with Crippen LogP contribution < -0.4 is 5.32 Å². The highest BCUT2D eigenvalue weighted by molar-refractivity contribution is 5.85. The average Bonchev–Trinajstić information content (AvgIpc) is 2.92.